The fraction of sp³-hybridized carbons (Fsp3) is 0.250. The van der Waals surface area contributed by atoms with E-state index in [0.29, 0.717) is 30.1 Å². The quantitative estimate of drug-likeness (QED) is 0.669. The summed E-state index contributed by atoms with van der Waals surface area (Å²) in [4.78, 5) is 17.9. The van der Waals surface area contributed by atoms with Gasteiger partial charge in [0.2, 0.25) is 5.82 Å². The van der Waals surface area contributed by atoms with Gasteiger partial charge in [-0.15, -0.1) is 0 Å². The lowest BCUT2D eigenvalue weighted by atomic mass is 9.99. The Morgan fingerprint density at radius 1 is 1.07 bits per heavy atom. The van der Waals surface area contributed by atoms with E-state index < -0.39 is 12.1 Å². The molecule has 2 heterocycles. The lowest BCUT2D eigenvalue weighted by molar-refractivity contribution is -0.159. The normalized spacial score (nSPS) is 17.1. The molecule has 0 spiro atoms. The second kappa shape index (κ2) is 7.10. The molecule has 1 amide bonds. The second-order valence-corrected chi connectivity index (χ2v) is 6.65. The zero-order chi connectivity index (χ0) is 19.7. The number of amides is 1. The van der Waals surface area contributed by atoms with Gasteiger partial charge in [-0.3, -0.25) is 4.79 Å². The van der Waals surface area contributed by atoms with Crippen LogP contribution in [0.2, 0.25) is 0 Å². The van der Waals surface area contributed by atoms with Gasteiger partial charge in [-0.1, -0.05) is 47.6 Å². The molecule has 2 aromatic carbocycles. The van der Waals surface area contributed by atoms with Crippen LogP contribution in [0.15, 0.2) is 59.1 Å². The first kappa shape index (κ1) is 18.2. The van der Waals surface area contributed by atoms with Crippen molar-refractivity contribution < 1.29 is 22.5 Å². The van der Waals surface area contributed by atoms with E-state index in [0.717, 1.165) is 6.42 Å². The van der Waals surface area contributed by atoms with E-state index in [1.165, 1.54) is 17.7 Å². The van der Waals surface area contributed by atoms with E-state index in [-0.39, 0.29) is 11.7 Å². The number of carbonyl (C=O) groups excluding carboxylic acids is 1. The minimum atomic E-state index is -4.69. The van der Waals surface area contributed by atoms with E-state index in [9.17, 15) is 18.0 Å². The van der Waals surface area contributed by atoms with Crippen molar-refractivity contribution in [2.24, 2.45) is 0 Å². The van der Waals surface area contributed by atoms with Gasteiger partial charge in [-0.05, 0) is 24.1 Å². The van der Waals surface area contributed by atoms with E-state index in [2.05, 4.69) is 26.8 Å². The number of rotatable bonds is 3. The second-order valence-electron chi connectivity index (χ2n) is 6.65. The summed E-state index contributed by atoms with van der Waals surface area (Å²) in [6.45, 7) is 1.31. The minimum Gasteiger partial charge on any atom is -0.338 e. The van der Waals surface area contributed by atoms with E-state index in [4.69, 9.17) is 0 Å². The molecule has 5 nitrogen and oxygen atoms in total. The topological polar surface area (TPSA) is 59.2 Å². The fourth-order valence-corrected chi connectivity index (χ4v) is 3.34. The van der Waals surface area contributed by atoms with Crippen LogP contribution in [0, 0.1) is 0 Å². The third-order valence-electron chi connectivity index (χ3n) is 4.81. The van der Waals surface area contributed by atoms with Crippen molar-refractivity contribution in [2.75, 3.05) is 13.1 Å². The van der Waals surface area contributed by atoms with Crippen LogP contribution in [-0.4, -0.2) is 34.0 Å². The number of carbonyl (C=O) groups is 1. The smallest absolute Gasteiger partial charge is 0.338 e. The first-order chi connectivity index (χ1) is 13.4. The van der Waals surface area contributed by atoms with Crippen LogP contribution < -0.4 is 0 Å². The molecule has 144 valence electrons. The largest absolute Gasteiger partial charge is 0.471 e. The molecule has 1 aromatic heterocycles. The minimum absolute atomic E-state index is 0.103. The van der Waals surface area contributed by atoms with E-state index in [1.807, 2.05) is 18.2 Å². The Hall–Kier alpha value is -3.16. The number of hydrogen-bond donors (Lipinski definition) is 0. The standard InChI is InChI=1S/C20H16F3N3O2/c21-20(22,23)19-24-17(25-28-19)14-6-8-15(9-7-14)18(27)26-11-10-16(12-26)13-4-2-1-3-5-13/h1-9,16H,10-12H2. The van der Waals surface area contributed by atoms with Gasteiger partial charge in [0.15, 0.2) is 0 Å². The Balaban J connectivity index is 1.45. The zero-order valence-corrected chi connectivity index (χ0v) is 14.7. The Bertz CT molecular complexity index is 968. The van der Waals surface area contributed by atoms with Gasteiger partial charge in [-0.25, -0.2) is 0 Å². The predicted octanol–water partition coefficient (Wildman–Crippen LogP) is 4.39. The summed E-state index contributed by atoms with van der Waals surface area (Å²) in [5, 5.41) is 3.35. The van der Waals surface area contributed by atoms with Crippen LogP contribution in [0.1, 0.15) is 34.2 Å². The molecule has 28 heavy (non-hydrogen) atoms. The highest BCUT2D eigenvalue weighted by Crippen LogP contribution is 2.30. The number of hydrogen-bond acceptors (Lipinski definition) is 4. The van der Waals surface area contributed by atoms with Gasteiger partial charge in [0.1, 0.15) is 0 Å². The van der Waals surface area contributed by atoms with Crippen molar-refractivity contribution in [3.05, 3.63) is 71.6 Å². The highest BCUT2D eigenvalue weighted by Gasteiger charge is 2.38. The molecule has 0 saturated carbocycles. The Morgan fingerprint density at radius 2 is 1.79 bits per heavy atom. The van der Waals surface area contributed by atoms with Gasteiger partial charge in [0.25, 0.3) is 5.91 Å². The monoisotopic (exact) mass is 387 g/mol. The Morgan fingerprint density at radius 3 is 2.43 bits per heavy atom. The molecule has 8 heteroatoms. The summed E-state index contributed by atoms with van der Waals surface area (Å²) >= 11 is 0. The number of aromatic nitrogens is 2. The lowest BCUT2D eigenvalue weighted by Gasteiger charge is -2.17. The maximum Gasteiger partial charge on any atom is 0.471 e. The molecule has 3 aromatic rings. The third kappa shape index (κ3) is 3.62. The van der Waals surface area contributed by atoms with Crippen molar-refractivity contribution in [2.45, 2.75) is 18.5 Å². The van der Waals surface area contributed by atoms with Gasteiger partial charge in [0.05, 0.1) is 0 Å². The average Bonchev–Trinajstić information content (AvgIpc) is 3.38. The van der Waals surface area contributed by atoms with E-state index in [1.54, 1.807) is 17.0 Å². The fourth-order valence-electron chi connectivity index (χ4n) is 3.34. The molecular weight excluding hydrogens is 371 g/mol. The number of benzene rings is 2. The molecule has 1 fully saturated rings. The zero-order valence-electron chi connectivity index (χ0n) is 14.7. The van der Waals surface area contributed by atoms with Crippen LogP contribution in [-0.2, 0) is 6.18 Å². The highest BCUT2D eigenvalue weighted by atomic mass is 19.4. The molecule has 0 radical (unpaired) electrons. The van der Waals surface area contributed by atoms with Crippen molar-refractivity contribution in [1.82, 2.24) is 15.0 Å². The molecule has 1 aliphatic heterocycles. The molecule has 0 bridgehead atoms. The van der Waals surface area contributed by atoms with Gasteiger partial charge < -0.3 is 9.42 Å². The number of alkyl halides is 3. The Labute approximate surface area is 158 Å². The highest BCUT2D eigenvalue weighted by molar-refractivity contribution is 5.94. The SMILES string of the molecule is O=C(c1ccc(-c2noc(C(F)(F)F)n2)cc1)N1CCC(c2ccccc2)C1. The first-order valence-electron chi connectivity index (χ1n) is 8.77. The number of halogens is 3. The molecule has 1 saturated heterocycles. The number of nitrogens with zero attached hydrogens (tertiary/aromatic N) is 3. The van der Waals surface area contributed by atoms with Gasteiger partial charge >= 0.3 is 12.1 Å². The van der Waals surface area contributed by atoms with Crippen LogP contribution in [0.3, 0.4) is 0 Å². The molecular formula is C20H16F3N3O2. The molecule has 4 rings (SSSR count). The number of likely N-dealkylation sites (tertiary alicyclic amines) is 1. The Kier molecular flexibility index (Phi) is 4.62. The summed E-state index contributed by atoms with van der Waals surface area (Å²) < 4.78 is 41.9. The summed E-state index contributed by atoms with van der Waals surface area (Å²) in [7, 11) is 0. The van der Waals surface area contributed by atoms with Crippen LogP contribution in [0.4, 0.5) is 13.2 Å². The van der Waals surface area contributed by atoms with Crippen molar-refractivity contribution in [3.63, 3.8) is 0 Å². The van der Waals surface area contributed by atoms with Crippen molar-refractivity contribution >= 4 is 5.91 Å². The summed E-state index contributed by atoms with van der Waals surface area (Å²) in [5.74, 6) is -1.36. The van der Waals surface area contributed by atoms with Crippen molar-refractivity contribution in [1.29, 1.82) is 0 Å². The van der Waals surface area contributed by atoms with Crippen LogP contribution in [0.25, 0.3) is 11.4 Å². The van der Waals surface area contributed by atoms with Crippen LogP contribution in [0.5, 0.6) is 0 Å². The van der Waals surface area contributed by atoms with E-state index >= 15 is 0 Å². The van der Waals surface area contributed by atoms with Gasteiger partial charge in [0, 0.05) is 30.1 Å². The summed E-state index contributed by atoms with van der Waals surface area (Å²) in [6.07, 6.45) is -3.79. The summed E-state index contributed by atoms with van der Waals surface area (Å²) in [6, 6.07) is 16.2. The summed E-state index contributed by atoms with van der Waals surface area (Å²) in [5.41, 5.74) is 2.03. The maximum atomic E-state index is 12.7. The average molecular weight is 387 g/mol. The lowest BCUT2D eigenvalue weighted by Crippen LogP contribution is -2.28. The molecule has 0 aliphatic carbocycles. The van der Waals surface area contributed by atoms with Crippen molar-refractivity contribution in [3.8, 4) is 11.4 Å². The first-order valence-corrected chi connectivity index (χ1v) is 8.77. The van der Waals surface area contributed by atoms with Gasteiger partial charge in [-0.2, -0.15) is 18.2 Å². The third-order valence-corrected chi connectivity index (χ3v) is 4.81. The maximum absolute atomic E-state index is 12.7. The van der Waals surface area contributed by atoms with Crippen LogP contribution >= 0.6 is 0 Å². The molecule has 0 N–H and O–H groups in total. The molecule has 1 aliphatic rings. The predicted molar refractivity (Wildman–Crippen MR) is 94.4 cm³/mol. The molecule has 1 unspecified atom stereocenters. The molecule has 1 atom stereocenters.